The number of primary amides is 2. The van der Waals surface area contributed by atoms with Crippen LogP contribution in [0.15, 0.2) is 0 Å². The first-order chi connectivity index (χ1) is 13.3. The fourth-order valence-electron chi connectivity index (χ4n) is 2.04. The molecule has 0 radical (unpaired) electrons. The number of hydrogen-bond donors (Lipinski definition) is 7. The first-order valence-corrected chi connectivity index (χ1v) is 8.81. The zero-order valence-electron chi connectivity index (χ0n) is 16.3. The van der Waals surface area contributed by atoms with Crippen LogP contribution in [0, 0.1) is 0 Å². The van der Waals surface area contributed by atoms with Gasteiger partial charge in [-0.3, -0.25) is 28.8 Å². The van der Waals surface area contributed by atoms with Gasteiger partial charge in [0.15, 0.2) is 0 Å². The van der Waals surface area contributed by atoms with Crippen LogP contribution in [0.1, 0.15) is 39.5 Å². The van der Waals surface area contributed by atoms with Crippen LogP contribution < -0.4 is 33.2 Å². The molecule has 0 aromatic heterocycles. The highest BCUT2D eigenvalue weighted by Crippen LogP contribution is 2.02. The highest BCUT2D eigenvalue weighted by molar-refractivity contribution is 5.94. The molecule has 4 unspecified atom stereocenters. The van der Waals surface area contributed by atoms with Gasteiger partial charge in [0.25, 0.3) is 0 Å². The average Bonchev–Trinajstić information content (AvgIpc) is 2.61. The Bertz CT molecular complexity index is 654. The fraction of sp³-hybridized carbons (Fsp3) is 0.625. The van der Waals surface area contributed by atoms with Crippen LogP contribution in [0.3, 0.4) is 0 Å². The number of carbonyl (C=O) groups is 6. The summed E-state index contributed by atoms with van der Waals surface area (Å²) in [6.07, 6.45) is -0.566. The van der Waals surface area contributed by atoms with Crippen molar-refractivity contribution >= 4 is 35.5 Å². The van der Waals surface area contributed by atoms with E-state index in [0.717, 1.165) is 0 Å². The molecule has 13 heteroatoms. The van der Waals surface area contributed by atoms with Crippen molar-refractivity contribution in [1.29, 1.82) is 0 Å². The molecule has 0 bridgehead atoms. The van der Waals surface area contributed by atoms with E-state index >= 15 is 0 Å². The monoisotopic (exact) mass is 416 g/mol. The molecular formula is C16H28N6O7. The molecule has 0 saturated heterocycles. The SMILES string of the molecule is CC(NC(=O)C(C)NC(=O)C(CCC(N)=O)NC(=O)C(N)CCC(N)=O)C(=O)O. The summed E-state index contributed by atoms with van der Waals surface area (Å²) in [5, 5.41) is 15.6. The van der Waals surface area contributed by atoms with Crippen molar-refractivity contribution in [3.8, 4) is 0 Å². The van der Waals surface area contributed by atoms with E-state index in [-0.39, 0.29) is 25.7 Å². The lowest BCUT2D eigenvalue weighted by Crippen LogP contribution is -2.56. The van der Waals surface area contributed by atoms with Gasteiger partial charge in [-0.1, -0.05) is 0 Å². The van der Waals surface area contributed by atoms with Gasteiger partial charge >= 0.3 is 5.97 Å². The molecule has 0 fully saturated rings. The zero-order chi connectivity index (χ0) is 22.7. The summed E-state index contributed by atoms with van der Waals surface area (Å²) in [7, 11) is 0. The van der Waals surface area contributed by atoms with Crippen molar-refractivity contribution in [2.24, 2.45) is 17.2 Å². The van der Waals surface area contributed by atoms with Gasteiger partial charge in [0, 0.05) is 12.8 Å². The standard InChI is InChI=1S/C16H28N6O7/c1-7(13(25)21-8(2)16(28)29)20-15(27)10(4-6-12(19)24)22-14(26)9(17)3-5-11(18)23/h7-10H,3-6,17H2,1-2H3,(H2,18,23)(H2,19,24)(H,20,27)(H,21,25)(H,22,26)(H,28,29). The number of hydrogen-bond acceptors (Lipinski definition) is 7. The van der Waals surface area contributed by atoms with Gasteiger partial charge in [0.1, 0.15) is 18.1 Å². The van der Waals surface area contributed by atoms with E-state index in [9.17, 15) is 28.8 Å². The zero-order valence-corrected chi connectivity index (χ0v) is 16.3. The van der Waals surface area contributed by atoms with Gasteiger partial charge in [-0.2, -0.15) is 0 Å². The molecule has 0 aliphatic carbocycles. The highest BCUT2D eigenvalue weighted by Gasteiger charge is 2.27. The third-order valence-corrected chi connectivity index (χ3v) is 3.83. The molecule has 0 aromatic carbocycles. The predicted octanol–water partition coefficient (Wildman–Crippen LogP) is -3.58. The molecule has 13 nitrogen and oxygen atoms in total. The minimum Gasteiger partial charge on any atom is -0.480 e. The Kier molecular flexibility index (Phi) is 10.9. The average molecular weight is 416 g/mol. The highest BCUT2D eigenvalue weighted by atomic mass is 16.4. The van der Waals surface area contributed by atoms with Crippen LogP contribution in [0.2, 0.25) is 0 Å². The van der Waals surface area contributed by atoms with Gasteiger partial charge in [-0.15, -0.1) is 0 Å². The molecule has 0 heterocycles. The van der Waals surface area contributed by atoms with Crippen LogP contribution in [0.5, 0.6) is 0 Å². The lowest BCUT2D eigenvalue weighted by atomic mass is 10.1. The van der Waals surface area contributed by atoms with Crippen molar-refractivity contribution in [3.63, 3.8) is 0 Å². The van der Waals surface area contributed by atoms with E-state index < -0.39 is 59.7 Å². The molecule has 0 spiro atoms. The fourth-order valence-corrected chi connectivity index (χ4v) is 2.04. The maximum absolute atomic E-state index is 12.4. The van der Waals surface area contributed by atoms with Gasteiger partial charge in [0.2, 0.25) is 29.5 Å². The Labute approximate surface area is 167 Å². The van der Waals surface area contributed by atoms with Crippen molar-refractivity contribution in [3.05, 3.63) is 0 Å². The number of carbonyl (C=O) groups excluding carboxylic acids is 5. The largest absolute Gasteiger partial charge is 0.480 e. The van der Waals surface area contributed by atoms with Gasteiger partial charge in [0.05, 0.1) is 6.04 Å². The summed E-state index contributed by atoms with van der Waals surface area (Å²) >= 11 is 0. The second-order valence-corrected chi connectivity index (χ2v) is 6.48. The van der Waals surface area contributed by atoms with Crippen LogP contribution in [0.25, 0.3) is 0 Å². The molecule has 0 aromatic rings. The number of carboxylic acid groups (broad SMARTS) is 1. The second kappa shape index (κ2) is 12.3. The predicted molar refractivity (Wildman–Crippen MR) is 99.6 cm³/mol. The van der Waals surface area contributed by atoms with Crippen LogP contribution >= 0.6 is 0 Å². The molecule has 0 aliphatic rings. The Morgan fingerprint density at radius 1 is 0.759 bits per heavy atom. The first-order valence-electron chi connectivity index (χ1n) is 8.81. The number of aliphatic carboxylic acids is 1. The molecule has 0 rings (SSSR count). The molecular weight excluding hydrogens is 388 g/mol. The lowest BCUT2D eigenvalue weighted by Gasteiger charge is -2.22. The number of nitrogens with one attached hydrogen (secondary N) is 3. The summed E-state index contributed by atoms with van der Waals surface area (Å²) in [6.45, 7) is 2.56. The lowest BCUT2D eigenvalue weighted by molar-refractivity contribution is -0.141. The van der Waals surface area contributed by atoms with Crippen molar-refractivity contribution < 1.29 is 33.9 Å². The Balaban J connectivity index is 5.00. The Hall–Kier alpha value is -3.22. The number of amides is 5. The van der Waals surface area contributed by atoms with E-state index in [1.54, 1.807) is 0 Å². The molecule has 0 aliphatic heterocycles. The quantitative estimate of drug-likeness (QED) is 0.158. The minimum absolute atomic E-state index is 0.0444. The van der Waals surface area contributed by atoms with Crippen molar-refractivity contribution in [1.82, 2.24) is 16.0 Å². The van der Waals surface area contributed by atoms with E-state index in [4.69, 9.17) is 22.3 Å². The molecule has 29 heavy (non-hydrogen) atoms. The summed E-state index contributed by atoms with van der Waals surface area (Å²) in [6, 6.07) is -4.65. The molecule has 4 atom stereocenters. The van der Waals surface area contributed by atoms with Gasteiger partial charge < -0.3 is 38.3 Å². The summed E-state index contributed by atoms with van der Waals surface area (Å²) < 4.78 is 0. The van der Waals surface area contributed by atoms with Crippen LogP contribution in [-0.4, -0.2) is 64.8 Å². The van der Waals surface area contributed by atoms with E-state index in [1.165, 1.54) is 13.8 Å². The summed E-state index contributed by atoms with van der Waals surface area (Å²) in [5.74, 6) is -4.93. The third-order valence-electron chi connectivity index (χ3n) is 3.83. The van der Waals surface area contributed by atoms with Crippen LogP contribution in [-0.2, 0) is 28.8 Å². The number of rotatable bonds is 13. The van der Waals surface area contributed by atoms with Gasteiger partial charge in [-0.05, 0) is 26.7 Å². The molecule has 5 amide bonds. The maximum Gasteiger partial charge on any atom is 0.325 e. The molecule has 164 valence electrons. The third kappa shape index (κ3) is 10.6. The first kappa shape index (κ1) is 25.8. The molecule has 10 N–H and O–H groups in total. The molecule has 0 saturated carbocycles. The number of carboxylic acids is 1. The van der Waals surface area contributed by atoms with Crippen LogP contribution in [0.4, 0.5) is 0 Å². The van der Waals surface area contributed by atoms with Gasteiger partial charge in [-0.25, -0.2) is 0 Å². The summed E-state index contributed by atoms with van der Waals surface area (Å²) in [4.78, 5) is 69.1. The topological polar surface area (TPSA) is 237 Å². The Morgan fingerprint density at radius 2 is 1.24 bits per heavy atom. The van der Waals surface area contributed by atoms with E-state index in [1.807, 2.05) is 0 Å². The maximum atomic E-state index is 12.4. The minimum atomic E-state index is -1.26. The smallest absolute Gasteiger partial charge is 0.325 e. The second-order valence-electron chi connectivity index (χ2n) is 6.48. The number of nitrogens with two attached hydrogens (primary N) is 3. The van der Waals surface area contributed by atoms with Crippen molar-refractivity contribution in [2.45, 2.75) is 63.7 Å². The van der Waals surface area contributed by atoms with E-state index in [0.29, 0.717) is 0 Å². The van der Waals surface area contributed by atoms with Crippen molar-refractivity contribution in [2.75, 3.05) is 0 Å². The summed E-state index contributed by atoms with van der Waals surface area (Å²) in [5.41, 5.74) is 15.7. The Morgan fingerprint density at radius 3 is 1.72 bits per heavy atom. The normalized spacial score (nSPS) is 14.6. The van der Waals surface area contributed by atoms with E-state index in [2.05, 4.69) is 16.0 Å².